The third-order valence-corrected chi connectivity index (χ3v) is 4.40. The van der Waals surface area contributed by atoms with Crippen molar-refractivity contribution < 1.29 is 4.79 Å². The Labute approximate surface area is 119 Å². The van der Waals surface area contributed by atoms with Crippen molar-refractivity contribution in [3.05, 3.63) is 29.3 Å². The Balaban J connectivity index is 1.72. The van der Waals surface area contributed by atoms with E-state index in [0.29, 0.717) is 5.02 Å². The molecule has 3 rings (SSSR count). The second-order valence-corrected chi connectivity index (χ2v) is 5.80. The lowest BCUT2D eigenvalue weighted by atomic mass is 10.1. The van der Waals surface area contributed by atoms with Gasteiger partial charge in [0.05, 0.1) is 6.04 Å². The van der Waals surface area contributed by atoms with Gasteiger partial charge < -0.3 is 4.90 Å². The van der Waals surface area contributed by atoms with Crippen LogP contribution in [0.15, 0.2) is 24.3 Å². The van der Waals surface area contributed by atoms with E-state index in [4.69, 9.17) is 11.6 Å². The van der Waals surface area contributed by atoms with Gasteiger partial charge in [0, 0.05) is 17.3 Å². The summed E-state index contributed by atoms with van der Waals surface area (Å²) < 4.78 is 0. The van der Waals surface area contributed by atoms with Crippen molar-refractivity contribution in [2.45, 2.75) is 31.7 Å². The van der Waals surface area contributed by atoms with Gasteiger partial charge in [-0.15, -0.1) is 0 Å². The van der Waals surface area contributed by atoms with E-state index in [9.17, 15) is 4.79 Å². The first-order valence-electron chi connectivity index (χ1n) is 7.07. The van der Waals surface area contributed by atoms with Gasteiger partial charge in [-0.2, -0.15) is 0 Å². The topological polar surface area (TPSA) is 23.6 Å². The molecule has 0 aromatic heterocycles. The molecule has 1 atom stereocenters. The number of likely N-dealkylation sites (tertiary alicyclic amines) is 1. The molecular weight excluding hydrogens is 260 g/mol. The SMILES string of the molecule is O=C1[C@H](N2CCCCC2)CCN1c1ccc(Cl)cc1. The summed E-state index contributed by atoms with van der Waals surface area (Å²) >= 11 is 5.89. The third kappa shape index (κ3) is 2.63. The number of nitrogens with zero attached hydrogens (tertiary/aromatic N) is 2. The van der Waals surface area contributed by atoms with Gasteiger partial charge in [0.2, 0.25) is 5.91 Å². The number of benzene rings is 1. The van der Waals surface area contributed by atoms with E-state index in [-0.39, 0.29) is 11.9 Å². The second-order valence-electron chi connectivity index (χ2n) is 5.37. The summed E-state index contributed by atoms with van der Waals surface area (Å²) in [6.07, 6.45) is 4.70. The number of anilines is 1. The maximum Gasteiger partial charge on any atom is 0.244 e. The van der Waals surface area contributed by atoms with Gasteiger partial charge in [0.25, 0.3) is 0 Å². The molecule has 19 heavy (non-hydrogen) atoms. The fourth-order valence-corrected chi connectivity index (χ4v) is 3.24. The zero-order valence-corrected chi connectivity index (χ0v) is 11.8. The van der Waals surface area contributed by atoms with E-state index in [2.05, 4.69) is 4.90 Å². The van der Waals surface area contributed by atoms with Crippen molar-refractivity contribution in [1.29, 1.82) is 0 Å². The molecule has 2 fully saturated rings. The fraction of sp³-hybridized carbons (Fsp3) is 0.533. The number of carbonyl (C=O) groups is 1. The minimum atomic E-state index is 0.0935. The lowest BCUT2D eigenvalue weighted by molar-refractivity contribution is -0.122. The number of rotatable bonds is 2. The van der Waals surface area contributed by atoms with Crippen molar-refractivity contribution >= 4 is 23.2 Å². The summed E-state index contributed by atoms with van der Waals surface area (Å²) in [5, 5.41) is 0.711. The van der Waals surface area contributed by atoms with Crippen molar-refractivity contribution in [2.24, 2.45) is 0 Å². The van der Waals surface area contributed by atoms with Gasteiger partial charge in [-0.25, -0.2) is 0 Å². The largest absolute Gasteiger partial charge is 0.311 e. The second kappa shape index (κ2) is 5.51. The molecule has 1 amide bonds. The molecule has 1 aromatic rings. The molecule has 2 saturated heterocycles. The minimum absolute atomic E-state index is 0.0935. The highest BCUT2D eigenvalue weighted by Gasteiger charge is 2.36. The molecule has 3 nitrogen and oxygen atoms in total. The summed E-state index contributed by atoms with van der Waals surface area (Å²) in [6.45, 7) is 2.97. The van der Waals surface area contributed by atoms with Crippen LogP contribution in [-0.4, -0.2) is 36.5 Å². The Bertz CT molecular complexity index is 454. The van der Waals surface area contributed by atoms with Gasteiger partial charge >= 0.3 is 0 Å². The Morgan fingerprint density at radius 3 is 2.37 bits per heavy atom. The van der Waals surface area contributed by atoms with Crippen molar-refractivity contribution in [1.82, 2.24) is 4.90 Å². The van der Waals surface area contributed by atoms with Crippen LogP contribution in [0.1, 0.15) is 25.7 Å². The number of hydrogen-bond donors (Lipinski definition) is 0. The lowest BCUT2D eigenvalue weighted by Gasteiger charge is -2.31. The molecule has 4 heteroatoms. The quantitative estimate of drug-likeness (QED) is 0.830. The average Bonchev–Trinajstić information content (AvgIpc) is 2.83. The highest BCUT2D eigenvalue weighted by molar-refractivity contribution is 6.30. The molecule has 0 unspecified atom stereocenters. The van der Waals surface area contributed by atoms with Crippen LogP contribution in [0.4, 0.5) is 5.69 Å². The standard InChI is InChI=1S/C15H19ClN2O/c16-12-4-6-13(7-5-12)18-11-8-14(15(18)19)17-9-2-1-3-10-17/h4-7,14H,1-3,8-11H2/t14-/m1/s1. The normalized spacial score (nSPS) is 25.0. The first kappa shape index (κ1) is 12.9. The first-order valence-corrected chi connectivity index (χ1v) is 7.44. The lowest BCUT2D eigenvalue weighted by Crippen LogP contribution is -2.44. The molecule has 2 aliphatic rings. The van der Waals surface area contributed by atoms with Crippen molar-refractivity contribution in [3.63, 3.8) is 0 Å². The summed E-state index contributed by atoms with van der Waals surface area (Å²) in [6, 6.07) is 7.64. The van der Waals surface area contributed by atoms with Crippen LogP contribution in [0, 0.1) is 0 Å². The van der Waals surface area contributed by atoms with Crippen LogP contribution in [0.25, 0.3) is 0 Å². The Morgan fingerprint density at radius 2 is 1.68 bits per heavy atom. The summed E-state index contributed by atoms with van der Waals surface area (Å²) in [5.41, 5.74) is 0.967. The summed E-state index contributed by atoms with van der Waals surface area (Å²) in [5.74, 6) is 0.254. The zero-order chi connectivity index (χ0) is 13.2. The zero-order valence-electron chi connectivity index (χ0n) is 11.0. The number of hydrogen-bond acceptors (Lipinski definition) is 2. The number of piperidine rings is 1. The molecular formula is C15H19ClN2O. The Morgan fingerprint density at radius 1 is 1.00 bits per heavy atom. The van der Waals surface area contributed by atoms with Gasteiger partial charge in [0.1, 0.15) is 0 Å². The van der Waals surface area contributed by atoms with E-state index in [1.54, 1.807) is 0 Å². The summed E-state index contributed by atoms with van der Waals surface area (Å²) in [7, 11) is 0. The third-order valence-electron chi connectivity index (χ3n) is 4.15. The van der Waals surface area contributed by atoms with Gasteiger partial charge in [-0.05, 0) is 56.6 Å². The maximum absolute atomic E-state index is 12.5. The molecule has 2 heterocycles. The molecule has 0 N–H and O–H groups in total. The molecule has 0 radical (unpaired) electrons. The molecule has 2 aliphatic heterocycles. The molecule has 1 aromatic carbocycles. The van der Waals surface area contributed by atoms with Crippen LogP contribution in [0.2, 0.25) is 5.02 Å². The first-order chi connectivity index (χ1) is 9.25. The molecule has 0 bridgehead atoms. The van der Waals surface area contributed by atoms with Gasteiger partial charge in [0.15, 0.2) is 0 Å². The summed E-state index contributed by atoms with van der Waals surface area (Å²) in [4.78, 5) is 16.8. The Hall–Kier alpha value is -1.06. The molecule has 102 valence electrons. The molecule has 0 aliphatic carbocycles. The van der Waals surface area contributed by atoms with Crippen molar-refractivity contribution in [2.75, 3.05) is 24.5 Å². The fourth-order valence-electron chi connectivity index (χ4n) is 3.11. The van der Waals surface area contributed by atoms with E-state index < -0.39 is 0 Å². The predicted molar refractivity (Wildman–Crippen MR) is 77.6 cm³/mol. The van der Waals surface area contributed by atoms with Crippen LogP contribution in [-0.2, 0) is 4.79 Å². The highest BCUT2D eigenvalue weighted by Crippen LogP contribution is 2.27. The predicted octanol–water partition coefficient (Wildman–Crippen LogP) is 2.93. The monoisotopic (exact) mass is 278 g/mol. The van der Waals surface area contributed by atoms with Crippen LogP contribution in [0.3, 0.4) is 0 Å². The average molecular weight is 279 g/mol. The minimum Gasteiger partial charge on any atom is -0.311 e. The number of carbonyl (C=O) groups excluding carboxylic acids is 1. The maximum atomic E-state index is 12.5. The van der Waals surface area contributed by atoms with E-state index >= 15 is 0 Å². The van der Waals surface area contributed by atoms with E-state index in [0.717, 1.165) is 31.7 Å². The number of amides is 1. The Kier molecular flexibility index (Phi) is 3.76. The smallest absolute Gasteiger partial charge is 0.244 e. The van der Waals surface area contributed by atoms with Crippen LogP contribution >= 0.6 is 11.6 Å². The van der Waals surface area contributed by atoms with Crippen LogP contribution < -0.4 is 4.90 Å². The molecule has 0 spiro atoms. The van der Waals surface area contributed by atoms with Crippen molar-refractivity contribution in [3.8, 4) is 0 Å². The van der Waals surface area contributed by atoms with E-state index in [1.807, 2.05) is 29.2 Å². The molecule has 0 saturated carbocycles. The van der Waals surface area contributed by atoms with Gasteiger partial charge in [-0.1, -0.05) is 18.0 Å². The van der Waals surface area contributed by atoms with E-state index in [1.165, 1.54) is 19.3 Å². The highest BCUT2D eigenvalue weighted by atomic mass is 35.5. The number of halogens is 1. The van der Waals surface area contributed by atoms with Crippen LogP contribution in [0.5, 0.6) is 0 Å². The van der Waals surface area contributed by atoms with Gasteiger partial charge in [-0.3, -0.25) is 9.69 Å².